The first-order chi connectivity index (χ1) is 12.3. The Kier molecular flexibility index (Phi) is 13.9. The molecule has 0 amide bonds. The molecule has 0 saturated heterocycles. The quantitative estimate of drug-likeness (QED) is 0.334. The van der Waals surface area contributed by atoms with Crippen LogP contribution in [0.3, 0.4) is 0 Å². The van der Waals surface area contributed by atoms with Gasteiger partial charge in [-0.1, -0.05) is 50.8 Å². The fraction of sp³-hybridized carbons (Fsp3) is 0.650. The molecule has 5 heteroatoms. The van der Waals surface area contributed by atoms with Crippen molar-refractivity contribution in [2.75, 3.05) is 46.2 Å². The number of ether oxygens (including phenoxy) is 4. The summed E-state index contributed by atoms with van der Waals surface area (Å²) in [6.07, 6.45) is 6.26. The molecule has 1 rings (SSSR count). The number of unbranched alkanes of at least 4 members (excludes halogenated alkanes) is 4. The van der Waals surface area contributed by atoms with Crippen LogP contribution in [0, 0.1) is 0 Å². The summed E-state index contributed by atoms with van der Waals surface area (Å²) in [5, 5.41) is 0. The summed E-state index contributed by atoms with van der Waals surface area (Å²) >= 11 is 0. The van der Waals surface area contributed by atoms with Crippen molar-refractivity contribution in [3.8, 4) is 0 Å². The highest BCUT2D eigenvalue weighted by molar-refractivity contribution is 5.89. The van der Waals surface area contributed by atoms with E-state index in [1.807, 2.05) is 6.07 Å². The normalized spacial score (nSPS) is 10.8. The molecule has 0 radical (unpaired) electrons. The van der Waals surface area contributed by atoms with Crippen LogP contribution in [0.15, 0.2) is 30.3 Å². The van der Waals surface area contributed by atoms with E-state index < -0.39 is 0 Å². The van der Waals surface area contributed by atoms with Gasteiger partial charge >= 0.3 is 5.97 Å². The predicted octanol–water partition coefficient (Wildman–Crippen LogP) is 3.86. The van der Waals surface area contributed by atoms with E-state index in [4.69, 9.17) is 18.9 Å². The summed E-state index contributed by atoms with van der Waals surface area (Å²) in [6.45, 7) is 5.87. The van der Waals surface area contributed by atoms with Crippen LogP contribution < -0.4 is 0 Å². The van der Waals surface area contributed by atoms with Crippen LogP contribution >= 0.6 is 0 Å². The molecule has 1 aromatic carbocycles. The van der Waals surface area contributed by atoms with E-state index >= 15 is 0 Å². The van der Waals surface area contributed by atoms with E-state index in [0.717, 1.165) is 13.0 Å². The van der Waals surface area contributed by atoms with Gasteiger partial charge in [-0.2, -0.15) is 0 Å². The lowest BCUT2D eigenvalue weighted by Crippen LogP contribution is -2.14. The van der Waals surface area contributed by atoms with Crippen LogP contribution in [0.4, 0.5) is 0 Å². The van der Waals surface area contributed by atoms with E-state index in [1.165, 1.54) is 25.7 Å². The Labute approximate surface area is 151 Å². The Hall–Kier alpha value is -1.43. The molecule has 0 heterocycles. The highest BCUT2D eigenvalue weighted by Crippen LogP contribution is 2.02. The van der Waals surface area contributed by atoms with Crippen LogP contribution in [0.1, 0.15) is 49.4 Å². The molecule has 0 N–H and O–H groups in total. The first kappa shape index (κ1) is 21.6. The average Bonchev–Trinajstić information content (AvgIpc) is 2.65. The maximum Gasteiger partial charge on any atom is 0.338 e. The van der Waals surface area contributed by atoms with Crippen LogP contribution in [0.2, 0.25) is 0 Å². The number of carbonyl (C=O) groups excluding carboxylic acids is 1. The van der Waals surface area contributed by atoms with Crippen LogP contribution in [-0.2, 0) is 18.9 Å². The molecule has 0 aliphatic carbocycles. The Morgan fingerprint density at radius 2 is 1.28 bits per heavy atom. The van der Waals surface area contributed by atoms with Crippen molar-refractivity contribution in [2.45, 2.75) is 39.0 Å². The minimum Gasteiger partial charge on any atom is -0.460 e. The van der Waals surface area contributed by atoms with Crippen LogP contribution in [-0.4, -0.2) is 52.2 Å². The summed E-state index contributed by atoms with van der Waals surface area (Å²) in [5.74, 6) is -0.327. The molecule has 0 unspecified atom stereocenters. The molecule has 5 nitrogen and oxygen atoms in total. The van der Waals surface area contributed by atoms with Crippen LogP contribution in [0.25, 0.3) is 0 Å². The molecule has 0 aliphatic heterocycles. The fourth-order valence-corrected chi connectivity index (χ4v) is 2.20. The summed E-state index contributed by atoms with van der Waals surface area (Å²) in [4.78, 5) is 11.7. The number of hydrogen-bond donors (Lipinski definition) is 0. The molecule has 0 bridgehead atoms. The van der Waals surface area contributed by atoms with Crippen molar-refractivity contribution >= 4 is 5.97 Å². The third-order valence-corrected chi connectivity index (χ3v) is 3.61. The highest BCUT2D eigenvalue weighted by Gasteiger charge is 2.04. The van der Waals surface area contributed by atoms with Gasteiger partial charge in [0.2, 0.25) is 0 Å². The van der Waals surface area contributed by atoms with Crippen molar-refractivity contribution in [3.05, 3.63) is 35.9 Å². The van der Waals surface area contributed by atoms with Gasteiger partial charge in [0, 0.05) is 6.61 Å². The zero-order chi connectivity index (χ0) is 18.0. The number of benzene rings is 1. The summed E-state index contributed by atoms with van der Waals surface area (Å²) in [7, 11) is 0. The molecule has 142 valence electrons. The third kappa shape index (κ3) is 12.6. The first-order valence-corrected chi connectivity index (χ1v) is 9.30. The second-order valence-corrected chi connectivity index (χ2v) is 5.75. The van der Waals surface area contributed by atoms with E-state index in [-0.39, 0.29) is 12.6 Å². The Bertz CT molecular complexity index is 421. The van der Waals surface area contributed by atoms with Gasteiger partial charge in [0.05, 0.1) is 38.6 Å². The zero-order valence-corrected chi connectivity index (χ0v) is 15.4. The van der Waals surface area contributed by atoms with Gasteiger partial charge in [-0.25, -0.2) is 4.79 Å². The monoisotopic (exact) mass is 352 g/mol. The lowest BCUT2D eigenvalue weighted by Gasteiger charge is -2.07. The third-order valence-electron chi connectivity index (χ3n) is 3.61. The lowest BCUT2D eigenvalue weighted by atomic mass is 10.2. The zero-order valence-electron chi connectivity index (χ0n) is 15.4. The van der Waals surface area contributed by atoms with Crippen LogP contribution in [0.5, 0.6) is 0 Å². The van der Waals surface area contributed by atoms with Crippen molar-refractivity contribution in [1.82, 2.24) is 0 Å². The largest absolute Gasteiger partial charge is 0.460 e. The van der Waals surface area contributed by atoms with Gasteiger partial charge in [0.1, 0.15) is 6.61 Å². The molecule has 0 fully saturated rings. The summed E-state index contributed by atoms with van der Waals surface area (Å²) in [6, 6.07) is 8.92. The minimum absolute atomic E-state index is 0.245. The smallest absolute Gasteiger partial charge is 0.338 e. The topological polar surface area (TPSA) is 54.0 Å². The van der Waals surface area contributed by atoms with Gasteiger partial charge in [0.15, 0.2) is 0 Å². The van der Waals surface area contributed by atoms with Crippen molar-refractivity contribution in [3.63, 3.8) is 0 Å². The second kappa shape index (κ2) is 16.1. The minimum atomic E-state index is -0.327. The van der Waals surface area contributed by atoms with Gasteiger partial charge in [-0.05, 0) is 18.6 Å². The van der Waals surface area contributed by atoms with Gasteiger partial charge in [-0.15, -0.1) is 0 Å². The standard InChI is InChI=1S/C20H32O5/c1-2-3-4-5-9-12-22-13-14-23-15-16-24-17-18-25-20(21)19-10-7-6-8-11-19/h6-8,10-11H,2-5,9,12-18H2,1H3. The molecule has 1 aromatic rings. The summed E-state index contributed by atoms with van der Waals surface area (Å²) in [5.41, 5.74) is 0.552. The summed E-state index contributed by atoms with van der Waals surface area (Å²) < 4.78 is 21.4. The molecular formula is C20H32O5. The molecule has 25 heavy (non-hydrogen) atoms. The Balaban J connectivity index is 1.78. The Morgan fingerprint density at radius 3 is 1.92 bits per heavy atom. The number of rotatable bonds is 16. The van der Waals surface area contributed by atoms with E-state index in [2.05, 4.69) is 6.92 Å². The van der Waals surface area contributed by atoms with Crippen molar-refractivity contribution in [2.24, 2.45) is 0 Å². The van der Waals surface area contributed by atoms with Crippen molar-refractivity contribution < 1.29 is 23.7 Å². The van der Waals surface area contributed by atoms with E-state index in [1.54, 1.807) is 24.3 Å². The predicted molar refractivity (Wildman–Crippen MR) is 97.9 cm³/mol. The van der Waals surface area contributed by atoms with E-state index in [0.29, 0.717) is 38.6 Å². The first-order valence-electron chi connectivity index (χ1n) is 9.30. The second-order valence-electron chi connectivity index (χ2n) is 5.75. The molecule has 0 saturated carbocycles. The fourth-order valence-electron chi connectivity index (χ4n) is 2.20. The maximum absolute atomic E-state index is 11.7. The van der Waals surface area contributed by atoms with Crippen molar-refractivity contribution in [1.29, 1.82) is 0 Å². The number of hydrogen-bond acceptors (Lipinski definition) is 5. The van der Waals surface area contributed by atoms with E-state index in [9.17, 15) is 4.79 Å². The van der Waals surface area contributed by atoms with Gasteiger partial charge in [-0.3, -0.25) is 0 Å². The number of carbonyl (C=O) groups is 1. The van der Waals surface area contributed by atoms with Gasteiger partial charge in [0.25, 0.3) is 0 Å². The lowest BCUT2D eigenvalue weighted by molar-refractivity contribution is 0.000186. The van der Waals surface area contributed by atoms with Gasteiger partial charge < -0.3 is 18.9 Å². The Morgan fingerprint density at radius 1 is 0.720 bits per heavy atom. The SMILES string of the molecule is CCCCCCCOCCOCCOCCOC(=O)c1ccccc1. The molecular weight excluding hydrogens is 320 g/mol. The highest BCUT2D eigenvalue weighted by atomic mass is 16.6. The molecule has 0 spiro atoms. The number of esters is 1. The maximum atomic E-state index is 11.7. The molecule has 0 aliphatic rings. The molecule has 0 aromatic heterocycles. The molecule has 0 atom stereocenters. The average molecular weight is 352 g/mol.